The average molecular weight is 485 g/mol. The number of aromatic nitrogens is 4. The van der Waals surface area contributed by atoms with Crippen molar-refractivity contribution in [3.63, 3.8) is 0 Å². The molecule has 0 amide bonds. The van der Waals surface area contributed by atoms with Gasteiger partial charge in [0.1, 0.15) is 17.0 Å². The minimum atomic E-state index is 0.921. The molecule has 4 heteroatoms. The quantitative estimate of drug-likeness (QED) is 0.219. The Kier molecular flexibility index (Phi) is 3.76. The molecule has 5 aromatic carbocycles. The van der Waals surface area contributed by atoms with Crippen molar-refractivity contribution < 1.29 is 0 Å². The van der Waals surface area contributed by atoms with Gasteiger partial charge in [-0.2, -0.15) is 0 Å². The molecule has 0 N–H and O–H groups in total. The third-order valence-corrected chi connectivity index (χ3v) is 7.87. The Morgan fingerprint density at radius 3 is 1.76 bits per heavy atom. The van der Waals surface area contributed by atoms with Gasteiger partial charge in [0.15, 0.2) is 5.65 Å². The molecule has 0 atom stereocenters. The molecule has 0 aliphatic carbocycles. The summed E-state index contributed by atoms with van der Waals surface area (Å²) < 4.78 is 4.65. The van der Waals surface area contributed by atoms with Gasteiger partial charge in [-0.1, -0.05) is 103 Å². The summed E-state index contributed by atoms with van der Waals surface area (Å²) in [5.41, 5.74) is 6.21. The van der Waals surface area contributed by atoms with Gasteiger partial charge in [0, 0.05) is 26.9 Å². The van der Waals surface area contributed by atoms with Crippen LogP contribution in [0, 0.1) is 0 Å². The molecule has 0 unspecified atom stereocenters. The summed E-state index contributed by atoms with van der Waals surface area (Å²) in [6, 6.07) is 42.8. The van der Waals surface area contributed by atoms with E-state index < -0.39 is 0 Å². The molecule has 0 fully saturated rings. The van der Waals surface area contributed by atoms with Crippen molar-refractivity contribution in [1.29, 1.82) is 0 Å². The first kappa shape index (κ1) is 19.9. The summed E-state index contributed by atoms with van der Waals surface area (Å²) in [6.45, 7) is 0. The molecule has 0 spiro atoms. The van der Waals surface area contributed by atoms with Crippen LogP contribution in [0.4, 0.5) is 0 Å². The van der Waals surface area contributed by atoms with Crippen LogP contribution in [0.25, 0.3) is 76.9 Å². The minimum absolute atomic E-state index is 0.921. The number of hydrogen-bond donors (Lipinski definition) is 0. The number of rotatable bonds is 1. The molecule has 4 heterocycles. The topological polar surface area (TPSA) is 35.1 Å². The number of imidazole rings is 1. The molecule has 0 radical (unpaired) electrons. The molecule has 0 saturated carbocycles. The molecule has 9 rings (SSSR count). The SMILES string of the molecule is c1ccc2c(c1)nc(-n1c3ccccc3c3nc4c5ccccc5c5ccccc5n4c31)c1ccccc12. The van der Waals surface area contributed by atoms with E-state index in [1.807, 2.05) is 0 Å². The molecule has 9 aromatic rings. The van der Waals surface area contributed by atoms with E-state index in [1.54, 1.807) is 0 Å². The second-order valence-corrected chi connectivity index (χ2v) is 9.86. The smallest absolute Gasteiger partial charge is 0.152 e. The Morgan fingerprint density at radius 2 is 0.974 bits per heavy atom. The van der Waals surface area contributed by atoms with Crippen LogP contribution in [0.2, 0.25) is 0 Å². The van der Waals surface area contributed by atoms with E-state index in [-0.39, 0.29) is 0 Å². The minimum Gasteiger partial charge on any atom is -0.277 e. The van der Waals surface area contributed by atoms with Gasteiger partial charge in [-0.15, -0.1) is 0 Å². The van der Waals surface area contributed by atoms with Gasteiger partial charge in [0.2, 0.25) is 0 Å². The number of benzene rings is 5. The van der Waals surface area contributed by atoms with Crippen molar-refractivity contribution in [2.45, 2.75) is 0 Å². The molecule has 176 valence electrons. The van der Waals surface area contributed by atoms with E-state index in [2.05, 4.69) is 130 Å². The van der Waals surface area contributed by atoms with E-state index in [0.717, 1.165) is 60.7 Å². The van der Waals surface area contributed by atoms with Crippen LogP contribution in [0.15, 0.2) is 121 Å². The Morgan fingerprint density at radius 1 is 0.421 bits per heavy atom. The maximum absolute atomic E-state index is 5.32. The highest BCUT2D eigenvalue weighted by atomic mass is 15.2. The summed E-state index contributed by atoms with van der Waals surface area (Å²) in [6.07, 6.45) is 0. The third kappa shape index (κ3) is 2.44. The molecule has 0 saturated heterocycles. The normalized spacial score (nSPS) is 12.2. The largest absolute Gasteiger partial charge is 0.277 e. The van der Waals surface area contributed by atoms with Gasteiger partial charge in [-0.3, -0.25) is 8.97 Å². The van der Waals surface area contributed by atoms with Crippen molar-refractivity contribution in [2.24, 2.45) is 0 Å². The molecule has 0 bridgehead atoms. The molecule has 4 aromatic heterocycles. The van der Waals surface area contributed by atoms with E-state index in [1.165, 1.54) is 16.2 Å². The second kappa shape index (κ2) is 7.17. The predicted octanol–water partition coefficient (Wildman–Crippen LogP) is 8.44. The standard InChI is InChI=1S/C34H20N4/c1-3-15-25-21(11-1)23-13-5-8-18-28(23)35-32(25)38-30-20-10-7-17-27(30)31-34(38)37-29-19-9-6-14-24(29)22-12-2-4-16-26(22)33(37)36-31/h1-20H. The van der Waals surface area contributed by atoms with Gasteiger partial charge >= 0.3 is 0 Å². The van der Waals surface area contributed by atoms with Crippen molar-refractivity contribution in [3.8, 4) is 5.82 Å². The summed E-state index contributed by atoms with van der Waals surface area (Å²) >= 11 is 0. The van der Waals surface area contributed by atoms with Crippen molar-refractivity contribution in [3.05, 3.63) is 121 Å². The lowest BCUT2D eigenvalue weighted by molar-refractivity contribution is 1.08. The highest BCUT2D eigenvalue weighted by Gasteiger charge is 2.23. The number of hydrogen-bond acceptors (Lipinski definition) is 2. The fourth-order valence-electron chi connectivity index (χ4n) is 6.27. The summed E-state index contributed by atoms with van der Waals surface area (Å²) in [7, 11) is 0. The molecule has 38 heavy (non-hydrogen) atoms. The zero-order chi connectivity index (χ0) is 24.8. The zero-order valence-electron chi connectivity index (χ0n) is 20.3. The first-order valence-corrected chi connectivity index (χ1v) is 12.9. The van der Waals surface area contributed by atoms with E-state index in [0.29, 0.717) is 0 Å². The van der Waals surface area contributed by atoms with Crippen LogP contribution >= 0.6 is 0 Å². The molecular weight excluding hydrogens is 464 g/mol. The maximum atomic E-state index is 5.32. The first-order valence-electron chi connectivity index (χ1n) is 12.9. The van der Waals surface area contributed by atoms with Gasteiger partial charge < -0.3 is 0 Å². The Labute approximate surface area is 217 Å². The lowest BCUT2D eigenvalue weighted by atomic mass is 10.1. The fourth-order valence-corrected chi connectivity index (χ4v) is 6.27. The van der Waals surface area contributed by atoms with E-state index in [9.17, 15) is 0 Å². The zero-order valence-corrected chi connectivity index (χ0v) is 20.3. The lowest BCUT2D eigenvalue weighted by Crippen LogP contribution is -2.03. The van der Waals surface area contributed by atoms with Crippen LogP contribution in [0.1, 0.15) is 0 Å². The number of para-hydroxylation sites is 3. The highest BCUT2D eigenvalue weighted by molar-refractivity contribution is 6.17. The van der Waals surface area contributed by atoms with Gasteiger partial charge in [-0.25, -0.2) is 9.97 Å². The summed E-state index contributed by atoms with van der Waals surface area (Å²) in [5.74, 6) is 0.921. The van der Waals surface area contributed by atoms with Crippen LogP contribution in [-0.4, -0.2) is 18.9 Å². The second-order valence-electron chi connectivity index (χ2n) is 9.86. The van der Waals surface area contributed by atoms with Crippen LogP contribution in [-0.2, 0) is 0 Å². The molecule has 0 aliphatic heterocycles. The number of pyridine rings is 2. The van der Waals surface area contributed by atoms with Crippen molar-refractivity contribution in [1.82, 2.24) is 18.9 Å². The van der Waals surface area contributed by atoms with E-state index >= 15 is 0 Å². The Balaban J connectivity index is 1.60. The molecule has 0 aliphatic rings. The highest BCUT2D eigenvalue weighted by Crippen LogP contribution is 2.39. The van der Waals surface area contributed by atoms with E-state index in [4.69, 9.17) is 9.97 Å². The van der Waals surface area contributed by atoms with Crippen LogP contribution in [0.3, 0.4) is 0 Å². The fraction of sp³-hybridized carbons (Fsp3) is 0. The van der Waals surface area contributed by atoms with Crippen LogP contribution < -0.4 is 0 Å². The van der Waals surface area contributed by atoms with Gasteiger partial charge in [-0.05, 0) is 29.0 Å². The monoisotopic (exact) mass is 484 g/mol. The maximum Gasteiger partial charge on any atom is 0.152 e. The Hall–Kier alpha value is -5.22. The number of fused-ring (bicyclic) bond motifs is 13. The third-order valence-electron chi connectivity index (χ3n) is 7.87. The van der Waals surface area contributed by atoms with Gasteiger partial charge in [0.25, 0.3) is 0 Å². The number of nitrogens with zero attached hydrogens (tertiary/aromatic N) is 4. The van der Waals surface area contributed by atoms with Crippen LogP contribution in [0.5, 0.6) is 0 Å². The molecule has 4 nitrogen and oxygen atoms in total. The Bertz CT molecular complexity index is 2410. The average Bonchev–Trinajstić information content (AvgIpc) is 3.52. The van der Waals surface area contributed by atoms with Crippen molar-refractivity contribution >= 4 is 71.1 Å². The predicted molar refractivity (Wildman–Crippen MR) is 157 cm³/mol. The lowest BCUT2D eigenvalue weighted by Gasteiger charge is -2.14. The van der Waals surface area contributed by atoms with Gasteiger partial charge in [0.05, 0.1) is 16.6 Å². The van der Waals surface area contributed by atoms with Crippen molar-refractivity contribution in [2.75, 3.05) is 0 Å². The molecular formula is C34H20N4. The summed E-state index contributed by atoms with van der Waals surface area (Å²) in [4.78, 5) is 10.6. The first-order chi connectivity index (χ1) is 18.9. The summed E-state index contributed by atoms with van der Waals surface area (Å²) in [5, 5.41) is 8.18.